The van der Waals surface area contributed by atoms with Crippen molar-refractivity contribution in [3.05, 3.63) is 71.6 Å². The van der Waals surface area contributed by atoms with Crippen LogP contribution in [0.15, 0.2) is 48.8 Å². The molecule has 4 amide bonds. The number of aromatic nitrogens is 4. The first-order valence-corrected chi connectivity index (χ1v) is 17.6. The van der Waals surface area contributed by atoms with Gasteiger partial charge in [0.15, 0.2) is 0 Å². The fourth-order valence-electron chi connectivity index (χ4n) is 5.70. The van der Waals surface area contributed by atoms with Crippen molar-refractivity contribution in [1.29, 1.82) is 0 Å². The molecule has 4 rings (SSSR count). The fourth-order valence-corrected chi connectivity index (χ4v) is 5.70. The van der Waals surface area contributed by atoms with Crippen LogP contribution in [0.3, 0.4) is 0 Å². The number of methoxy groups -OCH3 is 2. The summed E-state index contributed by atoms with van der Waals surface area (Å²) in [6, 6.07) is 12.0. The number of nitrogens with zero attached hydrogens (tertiary/aromatic N) is 4. The Hall–Kier alpha value is -6.54. The van der Waals surface area contributed by atoms with Crippen molar-refractivity contribution >= 4 is 24.0 Å². The molecule has 0 aliphatic rings. The number of benzene rings is 2. The fraction of sp³-hybridized carbons (Fsp3) is 0.350. The number of carbonyl (C=O) groups excluding carboxylic acids is 4. The third kappa shape index (κ3) is 10.7. The first-order chi connectivity index (χ1) is 26.1. The SMILES string of the molecule is CC#Cc1cc(-c2cnc(CN(CCC)C(=O)CNC(=O)OC)[nH]2)ccc1-c1ccc(-c2cnc(CN(CCC)C(=O)CNC(=O)OC)[nH]2)cc1C#CC. The first-order valence-electron chi connectivity index (χ1n) is 17.6. The standard InChI is InChI=1S/C40H46N8O6/c1-7-11-27-19-29(33-21-41-35(45-33)25-47(17-9-3)37(49)23-43-39(51)53-5)13-15-31(27)32-16-14-30(20-28(32)12-8-2)34-22-42-36(46-34)26-48(18-10-4)38(50)24-44-40(52)54-6/h13-16,19-22H,9-10,17-18,23-26H2,1-6H3,(H,41,45)(H,42,46)(H,43,51)(H,44,52). The molecule has 2 aromatic heterocycles. The third-order valence-corrected chi connectivity index (χ3v) is 8.24. The summed E-state index contributed by atoms with van der Waals surface area (Å²) in [5.74, 6) is 13.3. The number of hydrogen-bond donors (Lipinski definition) is 4. The van der Waals surface area contributed by atoms with E-state index in [1.54, 1.807) is 36.0 Å². The quantitative estimate of drug-likeness (QED) is 0.123. The maximum absolute atomic E-state index is 12.8. The molecule has 14 heteroatoms. The summed E-state index contributed by atoms with van der Waals surface area (Å²) in [7, 11) is 2.50. The van der Waals surface area contributed by atoms with Gasteiger partial charge in [-0.25, -0.2) is 19.6 Å². The molecule has 2 aromatic carbocycles. The van der Waals surface area contributed by atoms with Crippen molar-refractivity contribution < 1.29 is 28.7 Å². The van der Waals surface area contributed by atoms with Gasteiger partial charge in [0.25, 0.3) is 0 Å². The molecule has 0 saturated carbocycles. The highest BCUT2D eigenvalue weighted by Gasteiger charge is 2.19. The number of alkyl carbamates (subject to hydrolysis) is 2. The Labute approximate surface area is 315 Å². The molecule has 0 saturated heterocycles. The minimum Gasteiger partial charge on any atom is -0.453 e. The minimum atomic E-state index is -0.666. The molecule has 0 unspecified atom stereocenters. The normalized spacial score (nSPS) is 10.3. The number of hydrogen-bond acceptors (Lipinski definition) is 8. The molecule has 0 atom stereocenters. The van der Waals surface area contributed by atoms with Crippen LogP contribution in [0.1, 0.15) is 63.3 Å². The number of H-pyrrole nitrogens is 2. The van der Waals surface area contributed by atoms with Crippen LogP contribution < -0.4 is 10.6 Å². The van der Waals surface area contributed by atoms with Crippen LogP contribution in [0.25, 0.3) is 33.6 Å². The van der Waals surface area contributed by atoms with E-state index in [9.17, 15) is 19.2 Å². The van der Waals surface area contributed by atoms with Crippen molar-refractivity contribution in [2.45, 2.75) is 53.6 Å². The lowest BCUT2D eigenvalue weighted by atomic mass is 9.92. The number of aromatic amines is 2. The molecular formula is C40H46N8O6. The van der Waals surface area contributed by atoms with Crippen molar-refractivity contribution in [2.75, 3.05) is 40.4 Å². The van der Waals surface area contributed by atoms with E-state index in [1.807, 2.05) is 50.2 Å². The van der Waals surface area contributed by atoms with Gasteiger partial charge in [-0.15, -0.1) is 11.8 Å². The molecular weight excluding hydrogens is 688 g/mol. The van der Waals surface area contributed by atoms with Crippen molar-refractivity contribution in [1.82, 2.24) is 40.4 Å². The van der Waals surface area contributed by atoms with E-state index in [2.05, 4.69) is 63.7 Å². The number of nitrogens with one attached hydrogen (secondary N) is 4. The van der Waals surface area contributed by atoms with E-state index in [4.69, 9.17) is 0 Å². The van der Waals surface area contributed by atoms with Crippen LogP contribution in [0.4, 0.5) is 9.59 Å². The largest absolute Gasteiger partial charge is 0.453 e. The van der Waals surface area contributed by atoms with E-state index in [0.29, 0.717) is 24.7 Å². The van der Waals surface area contributed by atoms with Crippen molar-refractivity contribution in [2.24, 2.45) is 0 Å². The van der Waals surface area contributed by atoms with Crippen LogP contribution in [0.5, 0.6) is 0 Å². The smallest absolute Gasteiger partial charge is 0.407 e. The second-order valence-electron chi connectivity index (χ2n) is 12.1. The summed E-state index contributed by atoms with van der Waals surface area (Å²) < 4.78 is 9.15. The van der Waals surface area contributed by atoms with Gasteiger partial charge in [-0.05, 0) is 49.9 Å². The Bertz CT molecular complexity index is 1930. The van der Waals surface area contributed by atoms with Gasteiger partial charge in [-0.3, -0.25) is 9.59 Å². The topological polar surface area (TPSA) is 175 Å². The predicted molar refractivity (Wildman–Crippen MR) is 204 cm³/mol. The van der Waals surface area contributed by atoms with Crippen LogP contribution in [-0.4, -0.2) is 94.1 Å². The molecule has 4 N–H and O–H groups in total. The average Bonchev–Trinajstić information content (AvgIpc) is 3.86. The Morgan fingerprint density at radius 3 is 1.44 bits per heavy atom. The van der Waals surface area contributed by atoms with E-state index in [-0.39, 0.29) is 38.0 Å². The number of imidazole rings is 2. The molecule has 0 spiro atoms. The van der Waals surface area contributed by atoms with Gasteiger partial charge in [0, 0.05) is 35.3 Å². The predicted octanol–water partition coefficient (Wildman–Crippen LogP) is 5.07. The van der Waals surface area contributed by atoms with Crippen LogP contribution >= 0.6 is 0 Å². The molecule has 14 nitrogen and oxygen atoms in total. The van der Waals surface area contributed by atoms with Gasteiger partial charge >= 0.3 is 12.2 Å². The zero-order chi connectivity index (χ0) is 39.0. The number of ether oxygens (including phenoxy) is 2. The monoisotopic (exact) mass is 734 g/mol. The lowest BCUT2D eigenvalue weighted by Crippen LogP contribution is -2.40. The molecule has 2 heterocycles. The Kier molecular flexibility index (Phi) is 14.8. The van der Waals surface area contributed by atoms with Crippen molar-refractivity contribution in [3.8, 4) is 57.3 Å². The first kappa shape index (κ1) is 40.2. The molecule has 0 radical (unpaired) electrons. The van der Waals surface area contributed by atoms with Crippen LogP contribution in [-0.2, 0) is 32.2 Å². The van der Waals surface area contributed by atoms with Crippen LogP contribution in [0, 0.1) is 23.7 Å². The van der Waals surface area contributed by atoms with Gasteiger partial charge in [0.2, 0.25) is 11.8 Å². The maximum Gasteiger partial charge on any atom is 0.407 e. The molecule has 4 aromatic rings. The number of rotatable bonds is 15. The van der Waals surface area contributed by atoms with Gasteiger partial charge < -0.3 is 39.9 Å². The number of carbonyl (C=O) groups is 4. The minimum absolute atomic E-state index is 0.173. The third-order valence-electron chi connectivity index (χ3n) is 8.24. The van der Waals surface area contributed by atoms with Crippen LogP contribution in [0.2, 0.25) is 0 Å². The summed E-state index contributed by atoms with van der Waals surface area (Å²) in [4.78, 5) is 67.5. The lowest BCUT2D eigenvalue weighted by Gasteiger charge is -2.21. The Morgan fingerprint density at radius 2 is 1.09 bits per heavy atom. The Balaban J connectivity index is 1.57. The van der Waals surface area contributed by atoms with Crippen molar-refractivity contribution in [3.63, 3.8) is 0 Å². The average molecular weight is 735 g/mol. The Morgan fingerprint density at radius 1 is 0.685 bits per heavy atom. The summed E-state index contributed by atoms with van der Waals surface area (Å²) in [6.45, 7) is 8.69. The van der Waals surface area contributed by atoms with E-state index < -0.39 is 12.2 Å². The second kappa shape index (κ2) is 19.9. The molecule has 0 bridgehead atoms. The lowest BCUT2D eigenvalue weighted by molar-refractivity contribution is -0.131. The van der Waals surface area contributed by atoms with E-state index >= 15 is 0 Å². The maximum atomic E-state index is 12.8. The molecule has 282 valence electrons. The second-order valence-corrected chi connectivity index (χ2v) is 12.1. The van der Waals surface area contributed by atoms with Gasteiger partial charge in [-0.1, -0.05) is 50.0 Å². The summed E-state index contributed by atoms with van der Waals surface area (Å²) in [5, 5.41) is 4.87. The highest BCUT2D eigenvalue weighted by Crippen LogP contribution is 2.33. The molecule has 0 fully saturated rings. The zero-order valence-electron chi connectivity index (χ0n) is 31.5. The molecule has 0 aliphatic heterocycles. The number of amides is 4. The summed E-state index contributed by atoms with van der Waals surface area (Å²) in [5.41, 5.74) is 6.72. The highest BCUT2D eigenvalue weighted by atomic mass is 16.5. The summed E-state index contributed by atoms with van der Waals surface area (Å²) >= 11 is 0. The molecule has 54 heavy (non-hydrogen) atoms. The zero-order valence-corrected chi connectivity index (χ0v) is 31.5. The van der Waals surface area contributed by atoms with Gasteiger partial charge in [0.1, 0.15) is 24.7 Å². The van der Waals surface area contributed by atoms with E-state index in [0.717, 1.165) is 57.6 Å². The highest BCUT2D eigenvalue weighted by molar-refractivity contribution is 5.84. The molecule has 0 aliphatic carbocycles. The van der Waals surface area contributed by atoms with Gasteiger partial charge in [0.05, 0.1) is 51.1 Å². The summed E-state index contributed by atoms with van der Waals surface area (Å²) in [6.07, 6.45) is 3.61. The van der Waals surface area contributed by atoms with E-state index in [1.165, 1.54) is 14.2 Å². The van der Waals surface area contributed by atoms with Gasteiger partial charge in [-0.2, -0.15) is 0 Å².